The Balaban J connectivity index is 2.40. The van der Waals surface area contributed by atoms with Crippen LogP contribution in [0.15, 0.2) is 4.42 Å². The molecule has 0 aliphatic rings. The van der Waals surface area contributed by atoms with Gasteiger partial charge in [0.2, 0.25) is 11.6 Å². The van der Waals surface area contributed by atoms with Crippen molar-refractivity contribution in [1.82, 2.24) is 4.98 Å². The Hall–Kier alpha value is -1.54. The second-order valence-corrected chi connectivity index (χ2v) is 2.73. The van der Waals surface area contributed by atoms with Crippen LogP contribution in [0.5, 0.6) is 0 Å². The van der Waals surface area contributed by atoms with Gasteiger partial charge in [-0.15, -0.1) is 0 Å². The molecule has 1 heterocycles. The van der Waals surface area contributed by atoms with Gasteiger partial charge >= 0.3 is 0 Å². The standard InChI is InChI=1S/C9H13N3O2/c1-2-13-5-3-4-8-12-7(6-10)9(11)14-8/h2-5,11H2,1H3. The molecule has 0 aromatic carbocycles. The summed E-state index contributed by atoms with van der Waals surface area (Å²) in [7, 11) is 0. The smallest absolute Gasteiger partial charge is 0.229 e. The predicted molar refractivity (Wildman–Crippen MR) is 50.4 cm³/mol. The van der Waals surface area contributed by atoms with E-state index in [0.717, 1.165) is 6.42 Å². The first-order valence-electron chi connectivity index (χ1n) is 4.51. The van der Waals surface area contributed by atoms with Crippen molar-refractivity contribution in [3.8, 4) is 6.07 Å². The average Bonchev–Trinajstić information content (AvgIpc) is 2.54. The molecule has 0 aliphatic carbocycles. The highest BCUT2D eigenvalue weighted by atomic mass is 16.5. The minimum atomic E-state index is 0.0962. The van der Waals surface area contributed by atoms with Gasteiger partial charge in [-0.05, 0) is 13.3 Å². The maximum Gasteiger partial charge on any atom is 0.229 e. The van der Waals surface area contributed by atoms with Crippen LogP contribution in [0, 0.1) is 11.3 Å². The fourth-order valence-corrected chi connectivity index (χ4v) is 1.03. The van der Waals surface area contributed by atoms with Gasteiger partial charge in [-0.1, -0.05) is 0 Å². The molecule has 0 radical (unpaired) electrons. The Bertz CT molecular complexity index is 327. The van der Waals surface area contributed by atoms with E-state index in [9.17, 15) is 0 Å². The summed E-state index contributed by atoms with van der Waals surface area (Å²) in [6.45, 7) is 3.31. The van der Waals surface area contributed by atoms with Gasteiger partial charge in [-0.25, -0.2) is 4.98 Å². The highest BCUT2D eigenvalue weighted by Gasteiger charge is 2.08. The van der Waals surface area contributed by atoms with Crippen LogP contribution in [0.25, 0.3) is 0 Å². The lowest BCUT2D eigenvalue weighted by molar-refractivity contribution is 0.144. The zero-order chi connectivity index (χ0) is 10.4. The topological polar surface area (TPSA) is 85.1 Å². The van der Waals surface area contributed by atoms with Crippen molar-refractivity contribution in [2.45, 2.75) is 19.8 Å². The average molecular weight is 195 g/mol. The van der Waals surface area contributed by atoms with E-state index in [1.165, 1.54) is 0 Å². The molecule has 0 bridgehead atoms. The third kappa shape index (κ3) is 2.75. The second kappa shape index (κ2) is 5.25. The van der Waals surface area contributed by atoms with Gasteiger partial charge in [0.15, 0.2) is 5.89 Å². The SMILES string of the molecule is CCOCCCc1nc(C#N)c(N)o1. The maximum absolute atomic E-state index is 8.56. The lowest BCUT2D eigenvalue weighted by Gasteiger charge is -1.97. The monoisotopic (exact) mass is 195 g/mol. The highest BCUT2D eigenvalue weighted by molar-refractivity contribution is 5.40. The Morgan fingerprint density at radius 1 is 1.64 bits per heavy atom. The third-order valence-electron chi connectivity index (χ3n) is 1.69. The van der Waals surface area contributed by atoms with Crippen molar-refractivity contribution < 1.29 is 9.15 Å². The molecular weight excluding hydrogens is 182 g/mol. The van der Waals surface area contributed by atoms with Crippen LogP contribution >= 0.6 is 0 Å². The van der Waals surface area contributed by atoms with Crippen molar-refractivity contribution >= 4 is 5.88 Å². The summed E-state index contributed by atoms with van der Waals surface area (Å²) in [5, 5.41) is 8.56. The van der Waals surface area contributed by atoms with Crippen molar-refractivity contribution in [3.05, 3.63) is 11.6 Å². The van der Waals surface area contributed by atoms with Gasteiger partial charge in [0.1, 0.15) is 6.07 Å². The molecule has 0 spiro atoms. The normalized spacial score (nSPS) is 10.0. The third-order valence-corrected chi connectivity index (χ3v) is 1.69. The quantitative estimate of drug-likeness (QED) is 0.711. The molecule has 0 unspecified atom stereocenters. The number of rotatable bonds is 5. The summed E-state index contributed by atoms with van der Waals surface area (Å²) >= 11 is 0. The summed E-state index contributed by atoms with van der Waals surface area (Å²) in [5.74, 6) is 0.595. The summed E-state index contributed by atoms with van der Waals surface area (Å²) in [6.07, 6.45) is 1.46. The Morgan fingerprint density at radius 3 is 3.00 bits per heavy atom. The molecule has 0 saturated heterocycles. The number of nitrogens with zero attached hydrogens (tertiary/aromatic N) is 2. The van der Waals surface area contributed by atoms with E-state index in [1.807, 2.05) is 13.0 Å². The predicted octanol–water partition coefficient (Wildman–Crippen LogP) is 1.10. The van der Waals surface area contributed by atoms with Crippen molar-refractivity contribution in [2.75, 3.05) is 18.9 Å². The lowest BCUT2D eigenvalue weighted by atomic mass is 10.3. The van der Waals surface area contributed by atoms with E-state index >= 15 is 0 Å². The first kappa shape index (κ1) is 10.5. The minimum Gasteiger partial charge on any atom is -0.424 e. The minimum absolute atomic E-state index is 0.0962. The number of aryl methyl sites for hydroxylation is 1. The number of oxazole rings is 1. The van der Waals surface area contributed by atoms with Gasteiger partial charge in [-0.2, -0.15) is 5.26 Å². The van der Waals surface area contributed by atoms with Gasteiger partial charge < -0.3 is 14.9 Å². The van der Waals surface area contributed by atoms with Crippen LogP contribution in [0.1, 0.15) is 24.9 Å². The number of aromatic nitrogens is 1. The molecular formula is C9H13N3O2. The molecule has 1 rings (SSSR count). The molecule has 1 aromatic rings. The molecule has 0 atom stereocenters. The molecule has 76 valence electrons. The van der Waals surface area contributed by atoms with E-state index < -0.39 is 0 Å². The van der Waals surface area contributed by atoms with Gasteiger partial charge in [-0.3, -0.25) is 0 Å². The van der Waals surface area contributed by atoms with Crippen LogP contribution < -0.4 is 5.73 Å². The molecule has 0 amide bonds. The number of nitrogens with two attached hydrogens (primary N) is 1. The fourth-order valence-electron chi connectivity index (χ4n) is 1.03. The molecule has 0 saturated carbocycles. The molecule has 1 aromatic heterocycles. The Morgan fingerprint density at radius 2 is 2.43 bits per heavy atom. The molecule has 0 fully saturated rings. The highest BCUT2D eigenvalue weighted by Crippen LogP contribution is 2.13. The van der Waals surface area contributed by atoms with Crippen molar-refractivity contribution in [3.63, 3.8) is 0 Å². The van der Waals surface area contributed by atoms with Crippen LogP contribution in [-0.2, 0) is 11.2 Å². The van der Waals surface area contributed by atoms with E-state index in [2.05, 4.69) is 4.98 Å². The van der Waals surface area contributed by atoms with Crippen molar-refractivity contribution in [2.24, 2.45) is 0 Å². The lowest BCUT2D eigenvalue weighted by Crippen LogP contribution is -1.96. The van der Waals surface area contributed by atoms with Gasteiger partial charge in [0.05, 0.1) is 0 Å². The van der Waals surface area contributed by atoms with Gasteiger partial charge in [0, 0.05) is 19.6 Å². The molecule has 14 heavy (non-hydrogen) atoms. The second-order valence-electron chi connectivity index (χ2n) is 2.73. The largest absolute Gasteiger partial charge is 0.424 e. The number of anilines is 1. The summed E-state index contributed by atoms with van der Waals surface area (Å²) < 4.78 is 10.2. The number of ether oxygens (including phenoxy) is 1. The van der Waals surface area contributed by atoms with E-state index in [4.69, 9.17) is 20.1 Å². The summed E-state index contributed by atoms with van der Waals surface area (Å²) in [6, 6.07) is 1.86. The molecule has 0 aliphatic heterocycles. The summed E-state index contributed by atoms with van der Waals surface area (Å²) in [4.78, 5) is 3.92. The van der Waals surface area contributed by atoms with Crippen LogP contribution in [0.3, 0.4) is 0 Å². The Kier molecular flexibility index (Phi) is 3.95. The molecule has 5 heteroatoms. The first-order valence-corrected chi connectivity index (χ1v) is 4.51. The van der Waals surface area contributed by atoms with Crippen LogP contribution in [0.4, 0.5) is 5.88 Å². The van der Waals surface area contributed by atoms with E-state index in [0.29, 0.717) is 25.5 Å². The number of nitrogen functional groups attached to an aromatic ring is 1. The van der Waals surface area contributed by atoms with E-state index in [1.54, 1.807) is 0 Å². The molecule has 5 nitrogen and oxygen atoms in total. The van der Waals surface area contributed by atoms with E-state index in [-0.39, 0.29) is 11.6 Å². The maximum atomic E-state index is 8.56. The zero-order valence-corrected chi connectivity index (χ0v) is 8.12. The van der Waals surface area contributed by atoms with Crippen molar-refractivity contribution in [1.29, 1.82) is 5.26 Å². The Labute approximate surface area is 82.5 Å². The molecule has 2 N–H and O–H groups in total. The fraction of sp³-hybridized carbons (Fsp3) is 0.556. The summed E-state index contributed by atoms with van der Waals surface area (Å²) in [5.41, 5.74) is 5.56. The number of hydrogen-bond acceptors (Lipinski definition) is 5. The number of hydrogen-bond donors (Lipinski definition) is 1. The van der Waals surface area contributed by atoms with Crippen LogP contribution in [-0.4, -0.2) is 18.2 Å². The number of nitriles is 1. The first-order chi connectivity index (χ1) is 6.77. The van der Waals surface area contributed by atoms with Gasteiger partial charge in [0.25, 0.3) is 0 Å². The zero-order valence-electron chi connectivity index (χ0n) is 8.12. The van der Waals surface area contributed by atoms with Crippen LogP contribution in [0.2, 0.25) is 0 Å².